The van der Waals surface area contributed by atoms with E-state index in [0.717, 1.165) is 18.5 Å². The minimum absolute atomic E-state index is 0. The third kappa shape index (κ3) is 3.67. The van der Waals surface area contributed by atoms with Gasteiger partial charge in [-0.2, -0.15) is 0 Å². The van der Waals surface area contributed by atoms with Gasteiger partial charge in [-0.25, -0.2) is 0 Å². The van der Waals surface area contributed by atoms with Gasteiger partial charge in [-0.05, 0) is 23.1 Å². The van der Waals surface area contributed by atoms with E-state index < -0.39 is 0 Å². The lowest BCUT2D eigenvalue weighted by atomic mass is 9.98. The minimum Gasteiger partial charge on any atom is -0.338 e. The average Bonchev–Trinajstić information content (AvgIpc) is 2.55. The number of amides is 1. The van der Waals surface area contributed by atoms with Crippen LogP contribution in [0.3, 0.4) is 0 Å². The first kappa shape index (κ1) is 16.5. The van der Waals surface area contributed by atoms with Crippen molar-refractivity contribution in [3.63, 3.8) is 0 Å². The van der Waals surface area contributed by atoms with Gasteiger partial charge in [-0.3, -0.25) is 4.79 Å². The summed E-state index contributed by atoms with van der Waals surface area (Å²) in [5.74, 6) is 0.140. The molecule has 116 valence electrons. The summed E-state index contributed by atoms with van der Waals surface area (Å²) in [5.41, 5.74) is 9.78. The van der Waals surface area contributed by atoms with Gasteiger partial charge in [0.05, 0.1) is 0 Å². The number of carbonyl (C=O) groups excluding carboxylic acids is 1. The second-order valence-corrected chi connectivity index (χ2v) is 5.56. The Morgan fingerprint density at radius 3 is 2.41 bits per heavy atom. The summed E-state index contributed by atoms with van der Waals surface area (Å²) in [4.78, 5) is 14.4. The summed E-state index contributed by atoms with van der Waals surface area (Å²) < 4.78 is 0. The summed E-state index contributed by atoms with van der Waals surface area (Å²) in [6.45, 7) is 1.49. The van der Waals surface area contributed by atoms with E-state index in [0.29, 0.717) is 13.0 Å². The van der Waals surface area contributed by atoms with E-state index in [1.54, 1.807) is 0 Å². The highest BCUT2D eigenvalue weighted by molar-refractivity contribution is 5.85. The van der Waals surface area contributed by atoms with Crippen molar-refractivity contribution in [2.45, 2.75) is 25.4 Å². The maximum Gasteiger partial charge on any atom is 0.224 e. The third-order valence-electron chi connectivity index (χ3n) is 4.11. The van der Waals surface area contributed by atoms with Crippen LogP contribution in [0.1, 0.15) is 29.2 Å². The van der Waals surface area contributed by atoms with E-state index in [-0.39, 0.29) is 24.4 Å². The number of benzene rings is 2. The van der Waals surface area contributed by atoms with Crippen LogP contribution in [-0.4, -0.2) is 17.4 Å². The molecule has 0 radical (unpaired) electrons. The molecule has 1 aliphatic heterocycles. The fourth-order valence-corrected chi connectivity index (χ4v) is 2.84. The summed E-state index contributed by atoms with van der Waals surface area (Å²) in [7, 11) is 0. The lowest BCUT2D eigenvalue weighted by Gasteiger charge is -2.29. The Labute approximate surface area is 137 Å². The molecule has 4 heteroatoms. The largest absolute Gasteiger partial charge is 0.338 e. The summed E-state index contributed by atoms with van der Waals surface area (Å²) in [6, 6.07) is 17.9. The Morgan fingerprint density at radius 1 is 1.05 bits per heavy atom. The SMILES string of the molecule is Cl.NC(CC(=O)N1CCc2ccccc2C1)c1ccccc1. The zero-order chi connectivity index (χ0) is 14.7. The van der Waals surface area contributed by atoms with E-state index >= 15 is 0 Å². The van der Waals surface area contributed by atoms with E-state index in [9.17, 15) is 4.79 Å². The monoisotopic (exact) mass is 316 g/mol. The first-order valence-electron chi connectivity index (χ1n) is 7.39. The zero-order valence-electron chi connectivity index (χ0n) is 12.4. The fourth-order valence-electron chi connectivity index (χ4n) is 2.84. The molecule has 0 saturated heterocycles. The Balaban J connectivity index is 0.00000176. The molecular weight excluding hydrogens is 296 g/mol. The van der Waals surface area contributed by atoms with Gasteiger partial charge < -0.3 is 10.6 Å². The van der Waals surface area contributed by atoms with Gasteiger partial charge in [0.25, 0.3) is 0 Å². The molecule has 22 heavy (non-hydrogen) atoms. The number of carbonyl (C=O) groups is 1. The summed E-state index contributed by atoms with van der Waals surface area (Å²) >= 11 is 0. The summed E-state index contributed by atoms with van der Waals surface area (Å²) in [6.07, 6.45) is 1.30. The Bertz CT molecular complexity index is 630. The van der Waals surface area contributed by atoms with Gasteiger partial charge in [-0.15, -0.1) is 12.4 Å². The number of nitrogens with two attached hydrogens (primary N) is 1. The number of rotatable bonds is 3. The summed E-state index contributed by atoms with van der Waals surface area (Å²) in [5, 5.41) is 0. The number of hydrogen-bond donors (Lipinski definition) is 1. The highest BCUT2D eigenvalue weighted by atomic mass is 35.5. The molecule has 2 aromatic rings. The molecule has 1 aliphatic rings. The zero-order valence-corrected chi connectivity index (χ0v) is 13.3. The molecule has 3 nitrogen and oxygen atoms in total. The molecule has 1 unspecified atom stereocenters. The molecule has 0 aromatic heterocycles. The van der Waals surface area contributed by atoms with Crippen molar-refractivity contribution in [3.05, 3.63) is 71.3 Å². The average molecular weight is 317 g/mol. The molecule has 0 saturated carbocycles. The van der Waals surface area contributed by atoms with Crippen LogP contribution in [0.25, 0.3) is 0 Å². The van der Waals surface area contributed by atoms with Gasteiger partial charge >= 0.3 is 0 Å². The normalized spacial score (nSPS) is 14.7. The maximum atomic E-state index is 12.4. The van der Waals surface area contributed by atoms with Crippen LogP contribution >= 0.6 is 12.4 Å². The van der Waals surface area contributed by atoms with E-state index in [1.807, 2.05) is 41.3 Å². The van der Waals surface area contributed by atoms with E-state index in [4.69, 9.17) is 5.73 Å². The number of fused-ring (bicyclic) bond motifs is 1. The van der Waals surface area contributed by atoms with Crippen molar-refractivity contribution < 1.29 is 4.79 Å². The lowest BCUT2D eigenvalue weighted by molar-refractivity contribution is -0.132. The van der Waals surface area contributed by atoms with Crippen molar-refractivity contribution in [2.75, 3.05) is 6.54 Å². The topological polar surface area (TPSA) is 46.3 Å². The highest BCUT2D eigenvalue weighted by Crippen LogP contribution is 2.21. The Kier molecular flexibility index (Phi) is 5.58. The number of nitrogens with zero attached hydrogens (tertiary/aromatic N) is 1. The molecule has 0 bridgehead atoms. The van der Waals surface area contributed by atoms with Crippen molar-refractivity contribution in [1.29, 1.82) is 0 Å². The van der Waals surface area contributed by atoms with Gasteiger partial charge in [0, 0.05) is 25.6 Å². The molecule has 2 N–H and O–H groups in total. The first-order chi connectivity index (χ1) is 10.2. The standard InChI is InChI=1S/C18H20N2O.ClH/c19-17(15-7-2-1-3-8-15)12-18(21)20-11-10-14-6-4-5-9-16(14)13-20;/h1-9,17H,10-13,19H2;1H. The Morgan fingerprint density at radius 2 is 1.68 bits per heavy atom. The smallest absolute Gasteiger partial charge is 0.224 e. The Hall–Kier alpha value is -1.84. The van der Waals surface area contributed by atoms with Crippen LogP contribution in [0, 0.1) is 0 Å². The van der Waals surface area contributed by atoms with Crippen LogP contribution in [0.15, 0.2) is 54.6 Å². The molecule has 1 atom stereocenters. The number of hydrogen-bond acceptors (Lipinski definition) is 2. The molecule has 0 aliphatic carbocycles. The van der Waals surface area contributed by atoms with E-state index in [2.05, 4.69) is 18.2 Å². The van der Waals surface area contributed by atoms with Gasteiger partial charge in [0.15, 0.2) is 0 Å². The molecule has 0 fully saturated rings. The lowest BCUT2D eigenvalue weighted by Crippen LogP contribution is -2.37. The van der Waals surface area contributed by atoms with Crippen molar-refractivity contribution in [3.8, 4) is 0 Å². The minimum atomic E-state index is -0.226. The van der Waals surface area contributed by atoms with Crippen LogP contribution < -0.4 is 5.73 Å². The van der Waals surface area contributed by atoms with E-state index in [1.165, 1.54) is 11.1 Å². The number of halogens is 1. The van der Waals surface area contributed by atoms with Crippen LogP contribution in [0.2, 0.25) is 0 Å². The van der Waals surface area contributed by atoms with Crippen molar-refractivity contribution in [2.24, 2.45) is 5.73 Å². The van der Waals surface area contributed by atoms with Crippen LogP contribution in [-0.2, 0) is 17.8 Å². The maximum absolute atomic E-state index is 12.4. The molecule has 0 spiro atoms. The highest BCUT2D eigenvalue weighted by Gasteiger charge is 2.22. The van der Waals surface area contributed by atoms with Crippen LogP contribution in [0.5, 0.6) is 0 Å². The molecular formula is C18H21ClN2O. The van der Waals surface area contributed by atoms with Gasteiger partial charge in [0.2, 0.25) is 5.91 Å². The fraction of sp³-hybridized carbons (Fsp3) is 0.278. The quantitative estimate of drug-likeness (QED) is 0.946. The predicted octanol–water partition coefficient (Wildman–Crippen LogP) is 3.08. The molecule has 1 amide bonds. The van der Waals surface area contributed by atoms with Gasteiger partial charge in [-0.1, -0.05) is 54.6 Å². The second kappa shape index (κ2) is 7.43. The second-order valence-electron chi connectivity index (χ2n) is 5.56. The van der Waals surface area contributed by atoms with Gasteiger partial charge in [0.1, 0.15) is 0 Å². The molecule has 3 rings (SSSR count). The molecule has 2 aromatic carbocycles. The van der Waals surface area contributed by atoms with Crippen molar-refractivity contribution in [1.82, 2.24) is 4.90 Å². The van der Waals surface area contributed by atoms with Crippen LogP contribution in [0.4, 0.5) is 0 Å². The third-order valence-corrected chi connectivity index (χ3v) is 4.11. The predicted molar refractivity (Wildman–Crippen MR) is 90.8 cm³/mol. The first-order valence-corrected chi connectivity index (χ1v) is 7.39. The molecule has 1 heterocycles. The van der Waals surface area contributed by atoms with Crippen molar-refractivity contribution >= 4 is 18.3 Å².